The van der Waals surface area contributed by atoms with Crippen molar-refractivity contribution in [2.24, 2.45) is 11.7 Å². The van der Waals surface area contributed by atoms with Gasteiger partial charge in [0.2, 0.25) is 11.8 Å². The van der Waals surface area contributed by atoms with Crippen LogP contribution >= 0.6 is 0 Å². The van der Waals surface area contributed by atoms with Crippen LogP contribution in [0.2, 0.25) is 0 Å². The summed E-state index contributed by atoms with van der Waals surface area (Å²) in [4.78, 5) is 44.2. The van der Waals surface area contributed by atoms with Gasteiger partial charge in [-0.1, -0.05) is 44.2 Å². The Morgan fingerprint density at radius 1 is 1.05 bits per heavy atom. The molecule has 0 radical (unpaired) electrons. The predicted octanol–water partition coefficient (Wildman–Crippen LogP) is 3.58. The molecule has 2 heterocycles. The zero-order valence-corrected chi connectivity index (χ0v) is 20.7. The van der Waals surface area contributed by atoms with Crippen molar-refractivity contribution in [1.82, 2.24) is 20.6 Å². The second kappa shape index (κ2) is 13.2. The highest BCUT2D eigenvalue weighted by Crippen LogP contribution is 2.21. The molecule has 3 rings (SSSR count). The van der Waals surface area contributed by atoms with Gasteiger partial charge >= 0.3 is 12.1 Å². The number of carboxylic acid groups (broad SMARTS) is 1. The molecule has 0 fully saturated rings. The second-order valence-electron chi connectivity index (χ2n) is 8.84. The topological polar surface area (TPSA) is 183 Å². The van der Waals surface area contributed by atoms with E-state index in [0.717, 1.165) is 11.8 Å². The number of aromatic carboxylic acids is 1. The van der Waals surface area contributed by atoms with Gasteiger partial charge in [0.25, 0.3) is 5.91 Å². The van der Waals surface area contributed by atoms with Crippen LogP contribution in [-0.2, 0) is 11.3 Å². The molecule has 0 unspecified atom stereocenters. The Kier molecular flexibility index (Phi) is 9.78. The van der Waals surface area contributed by atoms with E-state index in [2.05, 4.69) is 20.6 Å². The van der Waals surface area contributed by atoms with E-state index in [9.17, 15) is 14.4 Å². The summed E-state index contributed by atoms with van der Waals surface area (Å²) in [5, 5.41) is 14.5. The van der Waals surface area contributed by atoms with Crippen molar-refractivity contribution in [2.45, 2.75) is 51.8 Å². The average molecular weight is 514 g/mol. The molecule has 0 spiro atoms. The number of rotatable bonds is 13. The van der Waals surface area contributed by atoms with Crippen LogP contribution in [0.3, 0.4) is 0 Å². The number of nitrogens with two attached hydrogens (primary N) is 1. The number of nitrogens with zero attached hydrogens (tertiary/aromatic N) is 2. The van der Waals surface area contributed by atoms with Gasteiger partial charge in [0.05, 0.1) is 6.04 Å². The lowest BCUT2D eigenvalue weighted by molar-refractivity contribution is 0.0690. The van der Waals surface area contributed by atoms with Gasteiger partial charge in [0, 0.05) is 6.54 Å². The number of aromatic nitrogens is 2. The summed E-state index contributed by atoms with van der Waals surface area (Å²) in [6.07, 6.45) is 2.95. The van der Waals surface area contributed by atoms with E-state index in [4.69, 9.17) is 24.4 Å². The molecule has 12 nitrogen and oxygen atoms in total. The van der Waals surface area contributed by atoms with Crippen LogP contribution in [0.1, 0.15) is 83.5 Å². The Morgan fingerprint density at radius 3 is 2.41 bits per heavy atom. The third-order valence-corrected chi connectivity index (χ3v) is 5.29. The van der Waals surface area contributed by atoms with Crippen LogP contribution in [0.15, 0.2) is 51.7 Å². The van der Waals surface area contributed by atoms with Crippen LogP contribution < -0.4 is 16.4 Å². The summed E-state index contributed by atoms with van der Waals surface area (Å²) in [6.45, 7) is 4.41. The number of carbonyl (C=O) groups excluding carboxylic acids is 2. The molecule has 0 aliphatic carbocycles. The van der Waals surface area contributed by atoms with E-state index in [1.54, 1.807) is 0 Å². The largest absolute Gasteiger partial charge is 0.476 e. The number of carbonyl (C=O) groups is 3. The number of benzene rings is 1. The van der Waals surface area contributed by atoms with Crippen molar-refractivity contribution in [1.29, 1.82) is 0 Å². The number of oxazole rings is 2. The maximum atomic E-state index is 12.8. The normalized spacial score (nSPS) is 12.6. The van der Waals surface area contributed by atoms with Crippen LogP contribution in [0.4, 0.5) is 4.79 Å². The van der Waals surface area contributed by atoms with Gasteiger partial charge in [-0.25, -0.2) is 19.6 Å². The number of carboxylic acids is 1. The highest BCUT2D eigenvalue weighted by molar-refractivity contribution is 5.92. The van der Waals surface area contributed by atoms with Gasteiger partial charge < -0.3 is 35.0 Å². The molecule has 2 amide bonds. The predicted molar refractivity (Wildman–Crippen MR) is 130 cm³/mol. The SMILES string of the molecule is CC(C)C[C@H](N)c1nc(C(=O)N[C@@H](CCCNC(=O)OCc2ccccc2)c2nc(C(=O)O)co2)co1. The van der Waals surface area contributed by atoms with Gasteiger partial charge in [-0.2, -0.15) is 0 Å². The molecule has 3 aromatic rings. The van der Waals surface area contributed by atoms with E-state index < -0.39 is 30.1 Å². The van der Waals surface area contributed by atoms with Gasteiger partial charge in [-0.3, -0.25) is 4.79 Å². The molecule has 0 saturated heterocycles. The molecule has 1 aromatic carbocycles. The molecule has 0 saturated carbocycles. The summed E-state index contributed by atoms with van der Waals surface area (Å²) >= 11 is 0. The Morgan fingerprint density at radius 2 is 1.73 bits per heavy atom. The van der Waals surface area contributed by atoms with Gasteiger partial charge in [-0.15, -0.1) is 0 Å². The first-order valence-corrected chi connectivity index (χ1v) is 11.9. The van der Waals surface area contributed by atoms with Gasteiger partial charge in [-0.05, 0) is 30.7 Å². The Balaban J connectivity index is 1.57. The quantitative estimate of drug-likeness (QED) is 0.246. The molecular formula is C25H31N5O7. The highest BCUT2D eigenvalue weighted by Gasteiger charge is 2.25. The molecule has 2 aromatic heterocycles. The van der Waals surface area contributed by atoms with Crippen LogP contribution in [0, 0.1) is 5.92 Å². The molecule has 12 heteroatoms. The maximum Gasteiger partial charge on any atom is 0.407 e. The molecule has 198 valence electrons. The number of hydrogen-bond donors (Lipinski definition) is 4. The van der Waals surface area contributed by atoms with E-state index in [-0.39, 0.29) is 42.7 Å². The number of nitrogens with one attached hydrogen (secondary N) is 2. The molecule has 0 bridgehead atoms. The molecule has 5 N–H and O–H groups in total. The van der Waals surface area contributed by atoms with Crippen molar-refractivity contribution < 1.29 is 33.1 Å². The highest BCUT2D eigenvalue weighted by atomic mass is 16.5. The second-order valence-corrected chi connectivity index (χ2v) is 8.84. The van der Waals surface area contributed by atoms with Gasteiger partial charge in [0.1, 0.15) is 25.2 Å². The minimum atomic E-state index is -1.26. The van der Waals surface area contributed by atoms with Crippen LogP contribution in [0.5, 0.6) is 0 Å². The Bertz CT molecular complexity index is 1180. The first-order valence-electron chi connectivity index (χ1n) is 11.9. The molecular weight excluding hydrogens is 482 g/mol. The fraction of sp³-hybridized carbons (Fsp3) is 0.400. The summed E-state index contributed by atoms with van der Waals surface area (Å²) < 4.78 is 15.8. The first-order chi connectivity index (χ1) is 17.7. The minimum Gasteiger partial charge on any atom is -0.476 e. The fourth-order valence-corrected chi connectivity index (χ4v) is 3.48. The zero-order chi connectivity index (χ0) is 26.8. The van der Waals surface area contributed by atoms with E-state index >= 15 is 0 Å². The maximum absolute atomic E-state index is 12.8. The number of alkyl carbamates (subject to hydrolysis) is 1. The minimum absolute atomic E-state index is 0.0117. The summed E-state index contributed by atoms with van der Waals surface area (Å²) in [7, 11) is 0. The van der Waals surface area contributed by atoms with Crippen molar-refractivity contribution >= 4 is 18.0 Å². The lowest BCUT2D eigenvalue weighted by Gasteiger charge is -2.15. The summed E-state index contributed by atoms with van der Waals surface area (Å²) in [6, 6.07) is 8.03. The molecule has 0 aliphatic rings. The Hall–Kier alpha value is -4.19. The van der Waals surface area contributed by atoms with E-state index in [1.165, 1.54) is 6.26 Å². The van der Waals surface area contributed by atoms with Crippen LogP contribution in [0.25, 0.3) is 0 Å². The number of amides is 2. The van der Waals surface area contributed by atoms with Crippen molar-refractivity contribution in [2.75, 3.05) is 6.54 Å². The summed E-state index contributed by atoms with van der Waals surface area (Å²) in [5.74, 6) is -1.25. The fourth-order valence-electron chi connectivity index (χ4n) is 3.48. The van der Waals surface area contributed by atoms with E-state index in [0.29, 0.717) is 18.8 Å². The van der Waals surface area contributed by atoms with Crippen molar-refractivity contribution in [3.05, 3.63) is 71.6 Å². The Labute approximate surface area is 213 Å². The average Bonchev–Trinajstić information content (AvgIpc) is 3.55. The van der Waals surface area contributed by atoms with Crippen LogP contribution in [-0.4, -0.2) is 39.6 Å². The third kappa shape index (κ3) is 8.46. The molecule has 2 atom stereocenters. The molecule has 37 heavy (non-hydrogen) atoms. The first kappa shape index (κ1) is 27.4. The van der Waals surface area contributed by atoms with Gasteiger partial charge in [0.15, 0.2) is 11.4 Å². The third-order valence-electron chi connectivity index (χ3n) is 5.29. The lowest BCUT2D eigenvalue weighted by Crippen LogP contribution is -2.31. The van der Waals surface area contributed by atoms with Crippen molar-refractivity contribution in [3.8, 4) is 0 Å². The zero-order valence-electron chi connectivity index (χ0n) is 20.7. The standard InChI is InChI=1S/C25H31N5O7/c1-15(2)11-17(26)22-29-19(13-35-22)21(31)28-18(23-30-20(14-36-23)24(32)33)9-6-10-27-25(34)37-12-16-7-4-3-5-8-16/h3-5,7-8,13-15,17-18H,6,9-12,26H2,1-2H3,(H,27,34)(H,28,31)(H,32,33)/t17-,18-/m0/s1. The molecule has 0 aliphatic heterocycles. The smallest absolute Gasteiger partial charge is 0.407 e. The number of ether oxygens (including phenoxy) is 1. The van der Waals surface area contributed by atoms with E-state index in [1.807, 2.05) is 44.2 Å². The lowest BCUT2D eigenvalue weighted by atomic mass is 10.0. The van der Waals surface area contributed by atoms with Crippen molar-refractivity contribution in [3.63, 3.8) is 0 Å². The number of hydrogen-bond acceptors (Lipinski definition) is 9. The monoisotopic (exact) mass is 513 g/mol. The summed E-state index contributed by atoms with van der Waals surface area (Å²) in [5.41, 5.74) is 6.67.